The van der Waals surface area contributed by atoms with E-state index in [-0.39, 0.29) is 0 Å². The number of nitrogens with one attached hydrogen (secondary N) is 1. The van der Waals surface area contributed by atoms with Crippen LogP contribution >= 0.6 is 12.2 Å². The molecule has 1 N–H and O–H groups in total. The highest BCUT2D eigenvalue weighted by Crippen LogP contribution is 2.20. The van der Waals surface area contributed by atoms with E-state index in [1.54, 1.807) is 5.16 Å². The first-order chi connectivity index (χ1) is 9.57. The molecule has 0 unspecified atom stereocenters. The summed E-state index contributed by atoms with van der Waals surface area (Å²) in [6.07, 6.45) is -8.41. The topological polar surface area (TPSA) is 68.1 Å². The van der Waals surface area contributed by atoms with Gasteiger partial charge in [0.25, 0.3) is 0 Å². The summed E-state index contributed by atoms with van der Waals surface area (Å²) in [7, 11) is 0. The van der Waals surface area contributed by atoms with Gasteiger partial charge >= 0.3 is 12.4 Å². The Labute approximate surface area is 119 Å². The van der Waals surface area contributed by atoms with E-state index in [1.807, 2.05) is 0 Å². The molecular formula is C9H7F6N3O2S. The Morgan fingerprint density at radius 3 is 1.62 bits per heavy atom. The molecule has 0 saturated heterocycles. The summed E-state index contributed by atoms with van der Waals surface area (Å²) in [6, 6.07) is 0.734. The van der Waals surface area contributed by atoms with Crippen LogP contribution in [0.4, 0.5) is 26.3 Å². The van der Waals surface area contributed by atoms with Gasteiger partial charge in [0.2, 0.25) is 11.8 Å². The predicted molar refractivity (Wildman–Crippen MR) is 60.4 cm³/mol. The van der Waals surface area contributed by atoms with E-state index in [1.165, 1.54) is 0 Å². The standard InChI is InChI=1S/C8H6F6N2O2.CHNS/c9-7(10,11)2-17-5-1-6(16-4-15-5)18-3-8(12,13)14;2-1-3/h1,4H,2-3H2;2H. The molecule has 118 valence electrons. The van der Waals surface area contributed by atoms with Gasteiger partial charge in [0.15, 0.2) is 13.2 Å². The number of hydrogen-bond acceptors (Lipinski definition) is 6. The van der Waals surface area contributed by atoms with Crippen molar-refractivity contribution in [2.75, 3.05) is 13.2 Å². The van der Waals surface area contributed by atoms with Gasteiger partial charge in [-0.25, -0.2) is 15.4 Å². The lowest BCUT2D eigenvalue weighted by Crippen LogP contribution is -2.21. The van der Waals surface area contributed by atoms with E-state index in [0.717, 1.165) is 12.4 Å². The Morgan fingerprint density at radius 1 is 1.00 bits per heavy atom. The van der Waals surface area contributed by atoms with Crippen molar-refractivity contribution in [2.45, 2.75) is 12.4 Å². The summed E-state index contributed by atoms with van der Waals surface area (Å²) in [5.41, 5.74) is 0. The third-order valence-corrected chi connectivity index (χ3v) is 1.38. The highest BCUT2D eigenvalue weighted by Gasteiger charge is 2.30. The molecule has 0 bridgehead atoms. The van der Waals surface area contributed by atoms with Gasteiger partial charge in [0.05, 0.1) is 11.2 Å². The van der Waals surface area contributed by atoms with Crippen molar-refractivity contribution in [3.05, 3.63) is 12.4 Å². The van der Waals surface area contributed by atoms with Gasteiger partial charge < -0.3 is 9.47 Å². The molecule has 0 atom stereocenters. The fourth-order valence-electron chi connectivity index (χ4n) is 0.792. The molecule has 1 aromatic rings. The van der Waals surface area contributed by atoms with Crippen LogP contribution in [0.15, 0.2) is 12.4 Å². The van der Waals surface area contributed by atoms with Crippen molar-refractivity contribution in [3.63, 3.8) is 0 Å². The van der Waals surface area contributed by atoms with Gasteiger partial charge in [-0.05, 0) is 12.2 Å². The van der Waals surface area contributed by atoms with Crippen molar-refractivity contribution in [3.8, 4) is 11.8 Å². The number of isothiocyanates is 1. The maximum atomic E-state index is 11.8. The molecule has 0 aliphatic carbocycles. The number of ether oxygens (including phenoxy) is 2. The molecule has 0 aliphatic rings. The number of rotatable bonds is 4. The van der Waals surface area contributed by atoms with E-state index in [0.29, 0.717) is 0 Å². The van der Waals surface area contributed by atoms with Crippen molar-refractivity contribution in [1.82, 2.24) is 9.97 Å². The lowest BCUT2D eigenvalue weighted by atomic mass is 10.6. The smallest absolute Gasteiger partial charge is 0.422 e. The Morgan fingerprint density at radius 2 is 1.33 bits per heavy atom. The Bertz CT molecular complexity index is 440. The van der Waals surface area contributed by atoms with Gasteiger partial charge in [-0.2, -0.15) is 26.3 Å². The summed E-state index contributed by atoms with van der Waals surface area (Å²) >= 11 is 3.81. The molecule has 1 aromatic heterocycles. The first-order valence-electron chi connectivity index (χ1n) is 4.82. The number of hydrogen-bond donors (Lipinski definition) is 1. The predicted octanol–water partition coefficient (Wildman–Crippen LogP) is 3.03. The highest BCUT2D eigenvalue weighted by molar-refractivity contribution is 7.78. The van der Waals surface area contributed by atoms with E-state index in [4.69, 9.17) is 5.41 Å². The molecule has 0 fully saturated rings. The SMILES string of the molecule is FC(F)(F)COc1cc(OCC(F)(F)F)ncn1.N=C=S. The van der Waals surface area contributed by atoms with Crippen LogP contribution in [-0.2, 0) is 0 Å². The van der Waals surface area contributed by atoms with Crippen LogP contribution in [0.2, 0.25) is 0 Å². The molecule has 0 saturated carbocycles. The molecule has 5 nitrogen and oxygen atoms in total. The van der Waals surface area contributed by atoms with Crippen molar-refractivity contribution in [1.29, 1.82) is 5.41 Å². The van der Waals surface area contributed by atoms with Crippen molar-refractivity contribution >= 4 is 17.4 Å². The van der Waals surface area contributed by atoms with Gasteiger partial charge in [-0.1, -0.05) is 0 Å². The van der Waals surface area contributed by atoms with E-state index >= 15 is 0 Å². The summed E-state index contributed by atoms with van der Waals surface area (Å²) < 4.78 is 79.2. The van der Waals surface area contributed by atoms with Gasteiger partial charge in [0.1, 0.15) is 6.33 Å². The minimum Gasteiger partial charge on any atom is -0.468 e. The average Bonchev–Trinajstić information content (AvgIpc) is 2.34. The fourth-order valence-corrected chi connectivity index (χ4v) is 0.792. The molecule has 1 heterocycles. The van der Waals surface area contributed by atoms with Crippen LogP contribution in [-0.4, -0.2) is 40.7 Å². The zero-order chi connectivity index (χ0) is 16.5. The quantitative estimate of drug-likeness (QED) is 0.520. The van der Waals surface area contributed by atoms with E-state index in [2.05, 4.69) is 31.7 Å². The minimum atomic E-state index is -4.57. The molecular weight excluding hydrogens is 328 g/mol. The zero-order valence-corrected chi connectivity index (χ0v) is 10.8. The molecule has 21 heavy (non-hydrogen) atoms. The van der Waals surface area contributed by atoms with Gasteiger partial charge in [0, 0.05) is 0 Å². The van der Waals surface area contributed by atoms with Crippen LogP contribution in [0, 0.1) is 5.41 Å². The molecule has 0 aromatic carbocycles. The van der Waals surface area contributed by atoms with Crippen LogP contribution in [0.1, 0.15) is 0 Å². The normalized spacial score (nSPS) is 11.0. The maximum absolute atomic E-state index is 11.8. The molecule has 0 spiro atoms. The summed E-state index contributed by atoms with van der Waals surface area (Å²) in [4.78, 5) is 6.58. The number of aromatic nitrogens is 2. The second-order valence-corrected chi connectivity index (χ2v) is 3.31. The molecule has 12 heteroatoms. The minimum absolute atomic E-state index is 0.528. The summed E-state index contributed by atoms with van der Waals surface area (Å²) in [5.74, 6) is -1.06. The van der Waals surface area contributed by atoms with Crippen molar-refractivity contribution < 1.29 is 35.8 Å². The highest BCUT2D eigenvalue weighted by atomic mass is 32.1. The van der Waals surface area contributed by atoms with E-state index in [9.17, 15) is 26.3 Å². The Kier molecular flexibility index (Phi) is 7.60. The van der Waals surface area contributed by atoms with Crippen LogP contribution < -0.4 is 9.47 Å². The average molecular weight is 335 g/mol. The molecule has 0 radical (unpaired) electrons. The van der Waals surface area contributed by atoms with Crippen LogP contribution in [0.3, 0.4) is 0 Å². The fraction of sp³-hybridized carbons (Fsp3) is 0.444. The molecule has 0 amide bonds. The van der Waals surface area contributed by atoms with Gasteiger partial charge in [-0.3, -0.25) is 0 Å². The van der Waals surface area contributed by atoms with Gasteiger partial charge in [-0.15, -0.1) is 0 Å². The lowest BCUT2D eigenvalue weighted by molar-refractivity contribution is -0.154. The van der Waals surface area contributed by atoms with Crippen LogP contribution in [0.25, 0.3) is 0 Å². The lowest BCUT2D eigenvalue weighted by Gasteiger charge is -2.10. The monoisotopic (exact) mass is 335 g/mol. The second kappa shape index (κ2) is 8.37. The first-order valence-corrected chi connectivity index (χ1v) is 5.23. The summed E-state index contributed by atoms with van der Waals surface area (Å²) in [5, 5.41) is 7.36. The third-order valence-electron chi connectivity index (χ3n) is 1.38. The maximum Gasteiger partial charge on any atom is 0.422 e. The molecule has 0 aliphatic heterocycles. The summed E-state index contributed by atoms with van der Waals surface area (Å²) in [6.45, 7) is -3.22. The first kappa shape index (κ1) is 19.1. The third kappa shape index (κ3) is 11.6. The number of halogens is 6. The zero-order valence-electron chi connectivity index (χ0n) is 9.96. The number of thiocarbonyl (C=S) groups is 1. The molecule has 1 rings (SSSR count). The number of alkyl halides is 6. The largest absolute Gasteiger partial charge is 0.468 e. The van der Waals surface area contributed by atoms with Crippen molar-refractivity contribution in [2.24, 2.45) is 0 Å². The van der Waals surface area contributed by atoms with E-state index < -0.39 is 37.3 Å². The Balaban J connectivity index is 0.00000122. The Hall–Kier alpha value is -1.94. The number of nitrogens with zero attached hydrogens (tertiary/aromatic N) is 2. The van der Waals surface area contributed by atoms with Crippen LogP contribution in [0.5, 0.6) is 11.8 Å². The second-order valence-electron chi connectivity index (χ2n) is 3.10.